The van der Waals surface area contributed by atoms with Gasteiger partial charge < -0.3 is 14.8 Å². The van der Waals surface area contributed by atoms with Crippen LogP contribution in [0.15, 0.2) is 24.4 Å². The lowest BCUT2D eigenvalue weighted by atomic mass is 10.1. The van der Waals surface area contributed by atoms with Gasteiger partial charge in [-0.15, -0.1) is 0 Å². The summed E-state index contributed by atoms with van der Waals surface area (Å²) in [5.74, 6) is 1.46. The highest BCUT2D eigenvalue weighted by atomic mass is 16.5. The van der Waals surface area contributed by atoms with Crippen LogP contribution in [0.3, 0.4) is 0 Å². The predicted octanol–water partition coefficient (Wildman–Crippen LogP) is 3.85. The van der Waals surface area contributed by atoms with E-state index < -0.39 is 0 Å². The van der Waals surface area contributed by atoms with Gasteiger partial charge in [-0.05, 0) is 18.6 Å². The molecule has 0 bridgehead atoms. The number of methoxy groups -OCH3 is 2. The minimum absolute atomic E-state index is 0.728. The van der Waals surface area contributed by atoms with Crippen molar-refractivity contribution in [2.45, 2.75) is 26.2 Å². The Hall–Kier alpha value is -1.97. The molecule has 108 valence electrons. The third-order valence-electron chi connectivity index (χ3n) is 3.33. The number of ether oxygens (including phenoxy) is 2. The maximum Gasteiger partial charge on any atom is 0.170 e. The van der Waals surface area contributed by atoms with E-state index in [0.717, 1.165) is 41.1 Å². The Bertz CT molecular complexity index is 570. The lowest BCUT2D eigenvalue weighted by Crippen LogP contribution is -2.04. The Morgan fingerprint density at radius 2 is 2.05 bits per heavy atom. The first-order chi connectivity index (χ1) is 9.81. The molecular formula is C16H22N2O2. The van der Waals surface area contributed by atoms with Crippen LogP contribution in [-0.4, -0.2) is 25.7 Å². The van der Waals surface area contributed by atoms with Crippen LogP contribution < -0.4 is 14.8 Å². The van der Waals surface area contributed by atoms with Crippen molar-refractivity contribution in [1.82, 2.24) is 4.98 Å². The summed E-state index contributed by atoms with van der Waals surface area (Å²) in [6.45, 7) is 3.14. The van der Waals surface area contributed by atoms with Gasteiger partial charge in [-0.2, -0.15) is 0 Å². The molecule has 0 aliphatic heterocycles. The van der Waals surface area contributed by atoms with Crippen molar-refractivity contribution >= 4 is 16.6 Å². The molecule has 0 amide bonds. The Morgan fingerprint density at radius 1 is 1.20 bits per heavy atom. The Labute approximate surface area is 120 Å². The smallest absolute Gasteiger partial charge is 0.170 e. The zero-order chi connectivity index (χ0) is 14.4. The lowest BCUT2D eigenvalue weighted by molar-refractivity contribution is 0.358. The van der Waals surface area contributed by atoms with Gasteiger partial charge in [0, 0.05) is 24.2 Å². The number of rotatable bonds is 7. The molecule has 1 N–H and O–H groups in total. The second-order valence-corrected chi connectivity index (χ2v) is 4.69. The summed E-state index contributed by atoms with van der Waals surface area (Å²) in [5.41, 5.74) is 1.91. The van der Waals surface area contributed by atoms with Gasteiger partial charge in [0.2, 0.25) is 0 Å². The molecule has 0 fully saturated rings. The zero-order valence-corrected chi connectivity index (χ0v) is 12.4. The van der Waals surface area contributed by atoms with Crippen LogP contribution in [0.5, 0.6) is 11.5 Å². The number of fused-ring (bicyclic) bond motifs is 1. The number of aromatic nitrogens is 1. The van der Waals surface area contributed by atoms with Gasteiger partial charge in [0.1, 0.15) is 0 Å². The number of hydrogen-bond donors (Lipinski definition) is 1. The molecule has 0 unspecified atom stereocenters. The highest BCUT2D eigenvalue weighted by Gasteiger charge is 2.13. The summed E-state index contributed by atoms with van der Waals surface area (Å²) in [6, 6.07) is 5.87. The fourth-order valence-corrected chi connectivity index (χ4v) is 2.30. The number of anilines is 1. The van der Waals surface area contributed by atoms with Crippen molar-refractivity contribution in [3.63, 3.8) is 0 Å². The second kappa shape index (κ2) is 6.98. The van der Waals surface area contributed by atoms with E-state index in [2.05, 4.69) is 17.2 Å². The third-order valence-corrected chi connectivity index (χ3v) is 3.33. The molecular weight excluding hydrogens is 252 g/mol. The van der Waals surface area contributed by atoms with E-state index in [0.29, 0.717) is 0 Å². The van der Waals surface area contributed by atoms with Crippen molar-refractivity contribution in [1.29, 1.82) is 0 Å². The minimum Gasteiger partial charge on any atom is -0.493 e. The number of hydrogen-bond acceptors (Lipinski definition) is 4. The molecule has 4 heteroatoms. The molecule has 0 saturated heterocycles. The number of pyridine rings is 1. The minimum atomic E-state index is 0.728. The van der Waals surface area contributed by atoms with Crippen molar-refractivity contribution in [3.8, 4) is 11.5 Å². The van der Waals surface area contributed by atoms with Gasteiger partial charge in [0.25, 0.3) is 0 Å². The molecule has 1 aromatic heterocycles. The van der Waals surface area contributed by atoms with E-state index in [1.54, 1.807) is 20.4 Å². The number of benzene rings is 1. The number of unbranched alkanes of at least 4 members (excludes halogenated alkanes) is 2. The zero-order valence-electron chi connectivity index (χ0n) is 12.4. The van der Waals surface area contributed by atoms with Gasteiger partial charge in [-0.1, -0.05) is 19.8 Å². The molecule has 0 aliphatic rings. The monoisotopic (exact) mass is 274 g/mol. The summed E-state index contributed by atoms with van der Waals surface area (Å²) < 4.78 is 10.9. The molecule has 1 heterocycles. The molecule has 0 atom stereocenters. The van der Waals surface area contributed by atoms with Gasteiger partial charge >= 0.3 is 0 Å². The molecule has 0 saturated carbocycles. The quantitative estimate of drug-likeness (QED) is 0.779. The normalized spacial score (nSPS) is 10.6. The third kappa shape index (κ3) is 2.95. The molecule has 2 aromatic rings. The van der Waals surface area contributed by atoms with E-state index in [-0.39, 0.29) is 0 Å². The van der Waals surface area contributed by atoms with Crippen molar-refractivity contribution < 1.29 is 9.47 Å². The Kier molecular flexibility index (Phi) is 5.04. The Morgan fingerprint density at radius 3 is 2.75 bits per heavy atom. The highest BCUT2D eigenvalue weighted by molar-refractivity contribution is 5.97. The van der Waals surface area contributed by atoms with Crippen molar-refractivity contribution in [2.24, 2.45) is 0 Å². The molecule has 0 aliphatic carbocycles. The molecule has 4 nitrogen and oxygen atoms in total. The van der Waals surface area contributed by atoms with E-state index >= 15 is 0 Å². The first-order valence-electron chi connectivity index (χ1n) is 7.05. The predicted molar refractivity (Wildman–Crippen MR) is 82.9 cm³/mol. The fourth-order valence-electron chi connectivity index (χ4n) is 2.30. The average molecular weight is 274 g/mol. The number of nitrogens with zero attached hydrogens (tertiary/aromatic N) is 1. The van der Waals surface area contributed by atoms with E-state index in [1.165, 1.54) is 12.8 Å². The second-order valence-electron chi connectivity index (χ2n) is 4.69. The van der Waals surface area contributed by atoms with Crippen LogP contribution in [0.1, 0.15) is 26.2 Å². The largest absolute Gasteiger partial charge is 0.493 e. The summed E-state index contributed by atoms with van der Waals surface area (Å²) in [7, 11) is 3.31. The number of nitrogens with one attached hydrogen (secondary N) is 1. The molecule has 0 radical (unpaired) electrons. The standard InChI is InChI=1S/C16H22N2O2/c1-4-5-6-9-17-13-11-14(19-2)16(20-3)12-8-7-10-18-15(12)13/h7-8,10-11,17H,4-6,9H2,1-3H3. The van der Waals surface area contributed by atoms with Gasteiger partial charge in [-0.25, -0.2) is 0 Å². The summed E-state index contributed by atoms with van der Waals surface area (Å²) in [4.78, 5) is 4.47. The van der Waals surface area contributed by atoms with Crippen LogP contribution in [0, 0.1) is 0 Å². The van der Waals surface area contributed by atoms with Gasteiger partial charge in [0.05, 0.1) is 25.4 Å². The Balaban J connectivity index is 2.38. The fraction of sp³-hybridized carbons (Fsp3) is 0.438. The van der Waals surface area contributed by atoms with Crippen molar-refractivity contribution in [2.75, 3.05) is 26.1 Å². The summed E-state index contributed by atoms with van der Waals surface area (Å²) in [5, 5.41) is 4.42. The molecule has 1 aromatic carbocycles. The van der Waals surface area contributed by atoms with Crippen LogP contribution in [-0.2, 0) is 0 Å². The molecule has 0 spiro atoms. The van der Waals surface area contributed by atoms with Gasteiger partial charge in [0.15, 0.2) is 11.5 Å². The molecule has 2 rings (SSSR count). The van der Waals surface area contributed by atoms with Crippen LogP contribution in [0.2, 0.25) is 0 Å². The first-order valence-corrected chi connectivity index (χ1v) is 7.05. The average Bonchev–Trinajstić information content (AvgIpc) is 2.50. The summed E-state index contributed by atoms with van der Waals surface area (Å²) >= 11 is 0. The van der Waals surface area contributed by atoms with E-state index in [1.807, 2.05) is 18.2 Å². The van der Waals surface area contributed by atoms with Crippen LogP contribution in [0.25, 0.3) is 10.9 Å². The SMILES string of the molecule is CCCCCNc1cc(OC)c(OC)c2cccnc12. The van der Waals surface area contributed by atoms with Crippen LogP contribution >= 0.6 is 0 Å². The molecule has 20 heavy (non-hydrogen) atoms. The lowest BCUT2D eigenvalue weighted by Gasteiger charge is -2.15. The topological polar surface area (TPSA) is 43.4 Å². The van der Waals surface area contributed by atoms with Crippen LogP contribution in [0.4, 0.5) is 5.69 Å². The summed E-state index contributed by atoms with van der Waals surface area (Å²) in [6.07, 6.45) is 5.39. The van der Waals surface area contributed by atoms with Gasteiger partial charge in [-0.3, -0.25) is 4.98 Å². The van der Waals surface area contributed by atoms with E-state index in [9.17, 15) is 0 Å². The maximum atomic E-state index is 5.45. The maximum absolute atomic E-state index is 5.45. The van der Waals surface area contributed by atoms with E-state index in [4.69, 9.17) is 9.47 Å². The first kappa shape index (κ1) is 14.4. The highest BCUT2D eigenvalue weighted by Crippen LogP contribution is 2.39. The van der Waals surface area contributed by atoms with Crippen molar-refractivity contribution in [3.05, 3.63) is 24.4 Å².